The van der Waals surface area contributed by atoms with Gasteiger partial charge in [-0.25, -0.2) is 9.78 Å². The maximum absolute atomic E-state index is 11.5. The third-order valence-corrected chi connectivity index (χ3v) is 4.05. The lowest BCUT2D eigenvalue weighted by atomic mass is 10.0. The van der Waals surface area contributed by atoms with E-state index in [-0.39, 0.29) is 5.97 Å². The second kappa shape index (κ2) is 5.27. The summed E-state index contributed by atoms with van der Waals surface area (Å²) in [5.41, 5.74) is 1.33. The van der Waals surface area contributed by atoms with Crippen LogP contribution >= 0.6 is 0 Å². The van der Waals surface area contributed by atoms with E-state index in [9.17, 15) is 4.79 Å². The molecule has 102 valence electrons. The molecule has 0 aromatic carbocycles. The molecule has 3 heterocycles. The van der Waals surface area contributed by atoms with E-state index in [0.29, 0.717) is 5.69 Å². The molecule has 1 aromatic heterocycles. The van der Waals surface area contributed by atoms with E-state index >= 15 is 0 Å². The zero-order valence-corrected chi connectivity index (χ0v) is 11.1. The summed E-state index contributed by atoms with van der Waals surface area (Å²) in [6.45, 7) is 5.34. The van der Waals surface area contributed by atoms with E-state index in [1.165, 1.54) is 7.11 Å². The van der Waals surface area contributed by atoms with Crippen molar-refractivity contribution in [3.05, 3.63) is 29.6 Å². The van der Waals surface area contributed by atoms with Crippen LogP contribution < -0.4 is 5.32 Å². The van der Waals surface area contributed by atoms with Crippen molar-refractivity contribution in [2.45, 2.75) is 6.54 Å². The maximum Gasteiger partial charge on any atom is 0.356 e. The van der Waals surface area contributed by atoms with E-state index in [2.05, 4.69) is 15.2 Å². The molecule has 2 atom stereocenters. The topological polar surface area (TPSA) is 54.5 Å². The first-order valence-electron chi connectivity index (χ1n) is 6.73. The smallest absolute Gasteiger partial charge is 0.356 e. The molecule has 2 fully saturated rings. The Bertz CT molecular complexity index is 466. The monoisotopic (exact) mass is 261 g/mol. The van der Waals surface area contributed by atoms with Crippen molar-refractivity contribution in [2.24, 2.45) is 11.8 Å². The van der Waals surface area contributed by atoms with Gasteiger partial charge in [0, 0.05) is 19.6 Å². The summed E-state index contributed by atoms with van der Waals surface area (Å²) in [5, 5.41) is 3.44. The van der Waals surface area contributed by atoms with E-state index < -0.39 is 0 Å². The number of aromatic nitrogens is 1. The highest BCUT2D eigenvalue weighted by molar-refractivity contribution is 5.87. The van der Waals surface area contributed by atoms with Gasteiger partial charge < -0.3 is 10.1 Å². The number of pyridine rings is 1. The Morgan fingerprint density at radius 2 is 2.16 bits per heavy atom. The number of nitrogens with zero attached hydrogens (tertiary/aromatic N) is 2. The number of likely N-dealkylation sites (tertiary alicyclic amines) is 1. The van der Waals surface area contributed by atoms with Crippen LogP contribution in [0.1, 0.15) is 16.2 Å². The fourth-order valence-corrected chi connectivity index (χ4v) is 3.10. The SMILES string of the molecule is COC(=O)c1cccc(CN2CC3CNCC3C2)n1. The standard InChI is InChI=1S/C14H19N3O2/c1-19-14(18)13-4-2-3-12(16-13)9-17-7-10-5-15-6-11(10)8-17/h2-4,10-11,15H,5-9H2,1H3. The van der Waals surface area contributed by atoms with Crippen molar-refractivity contribution in [1.29, 1.82) is 0 Å². The summed E-state index contributed by atoms with van der Waals surface area (Å²) in [5.74, 6) is 1.19. The van der Waals surface area contributed by atoms with Gasteiger partial charge in [0.2, 0.25) is 0 Å². The molecule has 5 heteroatoms. The van der Waals surface area contributed by atoms with Gasteiger partial charge in [-0.05, 0) is 37.1 Å². The van der Waals surface area contributed by atoms with Gasteiger partial charge in [-0.3, -0.25) is 4.90 Å². The molecule has 0 saturated carbocycles. The highest BCUT2D eigenvalue weighted by atomic mass is 16.5. The van der Waals surface area contributed by atoms with Crippen LogP contribution in [0.4, 0.5) is 0 Å². The predicted octanol–water partition coefficient (Wildman–Crippen LogP) is 0.519. The third kappa shape index (κ3) is 2.62. The Balaban J connectivity index is 1.65. The molecular weight excluding hydrogens is 242 g/mol. The number of carbonyl (C=O) groups is 1. The number of esters is 1. The van der Waals surface area contributed by atoms with Gasteiger partial charge in [-0.1, -0.05) is 6.07 Å². The largest absolute Gasteiger partial charge is 0.464 e. The van der Waals surface area contributed by atoms with E-state index in [1.54, 1.807) is 6.07 Å². The van der Waals surface area contributed by atoms with Crippen molar-refractivity contribution in [3.63, 3.8) is 0 Å². The number of rotatable bonds is 3. The summed E-state index contributed by atoms with van der Waals surface area (Å²) in [6.07, 6.45) is 0. The number of hydrogen-bond acceptors (Lipinski definition) is 5. The molecule has 0 aliphatic carbocycles. The number of ether oxygens (including phenoxy) is 1. The minimum Gasteiger partial charge on any atom is -0.464 e. The summed E-state index contributed by atoms with van der Waals surface area (Å²) in [4.78, 5) is 18.3. The Morgan fingerprint density at radius 3 is 2.84 bits per heavy atom. The van der Waals surface area contributed by atoms with Crippen LogP contribution in [0, 0.1) is 11.8 Å². The number of methoxy groups -OCH3 is 1. The van der Waals surface area contributed by atoms with Crippen molar-refractivity contribution in [1.82, 2.24) is 15.2 Å². The van der Waals surface area contributed by atoms with Gasteiger partial charge in [-0.15, -0.1) is 0 Å². The molecular formula is C14H19N3O2. The van der Waals surface area contributed by atoms with Crippen LogP contribution in [0.3, 0.4) is 0 Å². The number of hydrogen-bond donors (Lipinski definition) is 1. The average Bonchev–Trinajstić information content (AvgIpc) is 2.99. The summed E-state index contributed by atoms with van der Waals surface area (Å²) in [6, 6.07) is 5.53. The lowest BCUT2D eigenvalue weighted by Gasteiger charge is -2.16. The Hall–Kier alpha value is -1.46. The quantitative estimate of drug-likeness (QED) is 0.804. The predicted molar refractivity (Wildman–Crippen MR) is 70.7 cm³/mol. The fraction of sp³-hybridized carbons (Fsp3) is 0.571. The summed E-state index contributed by atoms with van der Waals surface area (Å²) in [7, 11) is 1.38. The number of carbonyl (C=O) groups excluding carboxylic acids is 1. The van der Waals surface area contributed by atoms with Crippen LogP contribution in [0.2, 0.25) is 0 Å². The van der Waals surface area contributed by atoms with E-state index in [1.807, 2.05) is 12.1 Å². The third-order valence-electron chi connectivity index (χ3n) is 4.05. The van der Waals surface area contributed by atoms with Crippen LogP contribution in [0.25, 0.3) is 0 Å². The van der Waals surface area contributed by atoms with Crippen molar-refractivity contribution < 1.29 is 9.53 Å². The molecule has 0 radical (unpaired) electrons. The highest BCUT2D eigenvalue weighted by Gasteiger charge is 2.35. The molecule has 5 nitrogen and oxygen atoms in total. The number of fused-ring (bicyclic) bond motifs is 1. The lowest BCUT2D eigenvalue weighted by molar-refractivity contribution is 0.0593. The zero-order chi connectivity index (χ0) is 13.2. The van der Waals surface area contributed by atoms with Crippen LogP contribution in [-0.4, -0.2) is 49.1 Å². The van der Waals surface area contributed by atoms with Gasteiger partial charge in [-0.2, -0.15) is 0 Å². The molecule has 3 rings (SSSR count). The molecule has 0 bridgehead atoms. The van der Waals surface area contributed by atoms with Crippen LogP contribution in [0.5, 0.6) is 0 Å². The highest BCUT2D eigenvalue weighted by Crippen LogP contribution is 2.27. The molecule has 2 aliphatic heterocycles. The Kier molecular flexibility index (Phi) is 3.48. The average molecular weight is 261 g/mol. The minimum absolute atomic E-state index is 0.371. The number of nitrogens with one attached hydrogen (secondary N) is 1. The molecule has 1 aromatic rings. The van der Waals surface area contributed by atoms with Gasteiger partial charge in [0.05, 0.1) is 12.8 Å². The van der Waals surface area contributed by atoms with Crippen molar-refractivity contribution in [2.75, 3.05) is 33.3 Å². The van der Waals surface area contributed by atoms with Gasteiger partial charge in [0.15, 0.2) is 0 Å². The fourth-order valence-electron chi connectivity index (χ4n) is 3.10. The second-order valence-electron chi connectivity index (χ2n) is 5.38. The summed E-state index contributed by atoms with van der Waals surface area (Å²) < 4.78 is 4.70. The van der Waals surface area contributed by atoms with E-state index in [0.717, 1.165) is 50.3 Å². The normalized spacial score (nSPS) is 26.4. The zero-order valence-electron chi connectivity index (χ0n) is 11.1. The molecule has 2 aliphatic rings. The van der Waals surface area contributed by atoms with Crippen molar-refractivity contribution in [3.8, 4) is 0 Å². The molecule has 2 saturated heterocycles. The van der Waals surface area contributed by atoms with Gasteiger partial charge in [0.1, 0.15) is 5.69 Å². The Labute approximate surface area is 113 Å². The molecule has 19 heavy (non-hydrogen) atoms. The molecule has 0 amide bonds. The maximum atomic E-state index is 11.5. The summed E-state index contributed by atoms with van der Waals surface area (Å²) >= 11 is 0. The van der Waals surface area contributed by atoms with E-state index in [4.69, 9.17) is 4.74 Å². The van der Waals surface area contributed by atoms with Crippen molar-refractivity contribution >= 4 is 5.97 Å². The Morgan fingerprint density at radius 1 is 1.42 bits per heavy atom. The second-order valence-corrected chi connectivity index (χ2v) is 5.38. The first-order valence-corrected chi connectivity index (χ1v) is 6.73. The first-order chi connectivity index (χ1) is 9.26. The van der Waals surface area contributed by atoms with Gasteiger partial charge >= 0.3 is 5.97 Å². The molecule has 2 unspecified atom stereocenters. The first kappa shape index (κ1) is 12.6. The minimum atomic E-state index is -0.371. The van der Waals surface area contributed by atoms with Crippen LogP contribution in [0.15, 0.2) is 18.2 Å². The van der Waals surface area contributed by atoms with Gasteiger partial charge in [0.25, 0.3) is 0 Å². The molecule has 1 N–H and O–H groups in total. The van der Waals surface area contributed by atoms with Crippen LogP contribution in [-0.2, 0) is 11.3 Å². The lowest BCUT2D eigenvalue weighted by Crippen LogP contribution is -2.26. The molecule has 0 spiro atoms.